The first kappa shape index (κ1) is 17.4. The lowest BCUT2D eigenvalue weighted by atomic mass is 10.4. The molecule has 1 N–H and O–H groups in total. The Morgan fingerprint density at radius 1 is 1.48 bits per heavy atom. The van der Waals surface area contributed by atoms with E-state index in [-0.39, 0.29) is 18.0 Å². The van der Waals surface area contributed by atoms with Gasteiger partial charge in [0.1, 0.15) is 10.8 Å². The lowest BCUT2D eigenvalue weighted by Gasteiger charge is -2.12. The maximum atomic E-state index is 11.9. The second-order valence-corrected chi connectivity index (χ2v) is 7.07. The Hall–Kier alpha value is -1.94. The highest BCUT2D eigenvalue weighted by atomic mass is 32.2. The summed E-state index contributed by atoms with van der Waals surface area (Å²) < 4.78 is 6.05. The fraction of sp³-hybridized carbons (Fsp3) is 0.462. The summed E-state index contributed by atoms with van der Waals surface area (Å²) in [6.07, 6.45) is 1.56. The van der Waals surface area contributed by atoms with Gasteiger partial charge in [-0.3, -0.25) is 9.59 Å². The van der Waals surface area contributed by atoms with Gasteiger partial charge in [0.25, 0.3) is 5.56 Å². The third kappa shape index (κ3) is 5.03. The first-order valence-electron chi connectivity index (χ1n) is 6.90. The monoisotopic (exact) mass is 354 g/mol. The van der Waals surface area contributed by atoms with Gasteiger partial charge >= 0.3 is 0 Å². The van der Waals surface area contributed by atoms with Crippen molar-refractivity contribution in [1.82, 2.24) is 24.7 Å². The zero-order valence-electron chi connectivity index (χ0n) is 13.1. The van der Waals surface area contributed by atoms with Crippen LogP contribution in [0.25, 0.3) is 0 Å². The largest absolute Gasteiger partial charge is 0.376 e. The number of hydrogen-bond donors (Lipinski definition) is 1. The molecule has 0 saturated heterocycles. The summed E-state index contributed by atoms with van der Waals surface area (Å²) in [6.45, 7) is 2.32. The molecule has 0 aliphatic carbocycles. The Kier molecular flexibility index (Phi) is 6.11. The topological polar surface area (TPSA) is 93.0 Å². The van der Waals surface area contributed by atoms with Crippen molar-refractivity contribution in [2.24, 2.45) is 0 Å². The van der Waals surface area contributed by atoms with Gasteiger partial charge in [-0.15, -0.1) is 16.9 Å². The van der Waals surface area contributed by atoms with Gasteiger partial charge in [-0.1, -0.05) is 4.49 Å². The average Bonchev–Trinajstić information content (AvgIpc) is 2.91. The third-order valence-electron chi connectivity index (χ3n) is 2.93. The van der Waals surface area contributed by atoms with Gasteiger partial charge < -0.3 is 10.2 Å². The number of amides is 1. The van der Waals surface area contributed by atoms with E-state index >= 15 is 0 Å². The van der Waals surface area contributed by atoms with E-state index in [2.05, 4.69) is 20.0 Å². The average molecular weight is 354 g/mol. The number of nitrogens with one attached hydrogen (secondary N) is 1. The molecule has 1 amide bonds. The van der Waals surface area contributed by atoms with Crippen LogP contribution in [-0.2, 0) is 11.3 Å². The van der Waals surface area contributed by atoms with Crippen molar-refractivity contribution in [2.45, 2.75) is 17.7 Å². The molecule has 2 heterocycles. The van der Waals surface area contributed by atoms with E-state index < -0.39 is 0 Å². The summed E-state index contributed by atoms with van der Waals surface area (Å²) in [6, 6.07) is 1.45. The van der Waals surface area contributed by atoms with E-state index in [4.69, 9.17) is 0 Å². The molecule has 2 aromatic heterocycles. The van der Waals surface area contributed by atoms with Crippen LogP contribution in [0.1, 0.15) is 5.69 Å². The third-order valence-corrected chi connectivity index (χ3v) is 5.10. The fourth-order valence-corrected chi connectivity index (χ4v) is 3.28. The Balaban J connectivity index is 1.79. The van der Waals surface area contributed by atoms with Gasteiger partial charge in [0.05, 0.1) is 17.6 Å². The number of aryl methyl sites for hydroxylation is 1. The van der Waals surface area contributed by atoms with Crippen molar-refractivity contribution in [1.29, 1.82) is 0 Å². The maximum absolute atomic E-state index is 11.9. The zero-order valence-corrected chi connectivity index (χ0v) is 14.8. The van der Waals surface area contributed by atoms with Crippen LogP contribution in [0, 0.1) is 6.92 Å². The lowest BCUT2D eigenvalue weighted by molar-refractivity contribution is -0.121. The van der Waals surface area contributed by atoms with Crippen LogP contribution in [0.15, 0.2) is 21.3 Å². The molecular weight excluding hydrogens is 336 g/mol. The van der Waals surface area contributed by atoms with Gasteiger partial charge in [0, 0.05) is 32.5 Å². The first-order chi connectivity index (χ1) is 11.0. The molecule has 8 nitrogen and oxygen atoms in total. The minimum Gasteiger partial charge on any atom is -0.376 e. The van der Waals surface area contributed by atoms with E-state index in [1.54, 1.807) is 22.9 Å². The van der Waals surface area contributed by atoms with Crippen molar-refractivity contribution in [3.63, 3.8) is 0 Å². The molecule has 0 aliphatic heterocycles. The number of anilines is 1. The normalized spacial score (nSPS) is 10.6. The van der Waals surface area contributed by atoms with Crippen molar-refractivity contribution < 1.29 is 4.79 Å². The van der Waals surface area contributed by atoms with E-state index in [9.17, 15) is 9.59 Å². The highest BCUT2D eigenvalue weighted by Gasteiger charge is 2.08. The number of nitrogens with zero attached hydrogens (tertiary/aromatic N) is 5. The highest BCUT2D eigenvalue weighted by Crippen LogP contribution is 2.23. The summed E-state index contributed by atoms with van der Waals surface area (Å²) in [7, 11) is 3.65. The molecule has 0 fully saturated rings. The van der Waals surface area contributed by atoms with E-state index in [1.165, 1.54) is 17.6 Å². The Labute approximate surface area is 142 Å². The summed E-state index contributed by atoms with van der Waals surface area (Å²) >= 11 is 2.95. The van der Waals surface area contributed by atoms with Crippen LogP contribution in [0.2, 0.25) is 0 Å². The van der Waals surface area contributed by atoms with Gasteiger partial charge in [-0.2, -0.15) is 5.10 Å². The van der Waals surface area contributed by atoms with Gasteiger partial charge in [0.15, 0.2) is 0 Å². The zero-order chi connectivity index (χ0) is 16.8. The van der Waals surface area contributed by atoms with Gasteiger partial charge in [-0.05, 0) is 18.5 Å². The molecule has 2 aromatic rings. The highest BCUT2D eigenvalue weighted by molar-refractivity contribution is 8.01. The second kappa shape index (κ2) is 8.06. The number of rotatable bonds is 7. The molecule has 0 unspecified atom stereocenters. The van der Waals surface area contributed by atoms with Crippen LogP contribution >= 0.6 is 23.3 Å². The number of hydrogen-bond acceptors (Lipinski definition) is 8. The quantitative estimate of drug-likeness (QED) is 0.567. The summed E-state index contributed by atoms with van der Waals surface area (Å²) in [5.74, 6) is 0.482. The van der Waals surface area contributed by atoms with E-state index in [1.807, 2.05) is 21.0 Å². The minimum absolute atomic E-state index is 0.0850. The number of carbonyl (C=O) groups excluding carboxylic acids is 1. The standard InChI is InChI=1S/C13H18N6O2S2/c1-9-13(23-17-16-9)22-5-4-14-11(20)8-19-12(21)6-10(7-15-19)18(2)3/h6-7H,4-5,8H2,1-3H3,(H,14,20). The SMILES string of the molecule is Cc1nnsc1SCCNC(=O)Cn1ncc(N(C)C)cc1=O. The lowest BCUT2D eigenvalue weighted by Crippen LogP contribution is -2.34. The van der Waals surface area contributed by atoms with Crippen molar-refractivity contribution in [2.75, 3.05) is 31.3 Å². The van der Waals surface area contributed by atoms with Crippen molar-refractivity contribution in [3.8, 4) is 0 Å². The molecular formula is C13H18N6O2S2. The van der Waals surface area contributed by atoms with Crippen molar-refractivity contribution in [3.05, 3.63) is 28.3 Å². The predicted octanol–water partition coefficient (Wildman–Crippen LogP) is 0.378. The van der Waals surface area contributed by atoms with Crippen LogP contribution in [-0.4, -0.2) is 51.7 Å². The Bertz CT molecular complexity index is 727. The molecule has 0 bridgehead atoms. The van der Waals surface area contributed by atoms with Crippen LogP contribution in [0.4, 0.5) is 5.69 Å². The van der Waals surface area contributed by atoms with Crippen LogP contribution < -0.4 is 15.8 Å². The maximum Gasteiger partial charge on any atom is 0.269 e. The molecule has 0 aromatic carbocycles. The molecule has 0 aliphatic rings. The summed E-state index contributed by atoms with van der Waals surface area (Å²) in [5, 5.41) is 10.7. The molecule has 10 heteroatoms. The molecule has 23 heavy (non-hydrogen) atoms. The minimum atomic E-state index is -0.299. The van der Waals surface area contributed by atoms with Crippen LogP contribution in [0.3, 0.4) is 0 Å². The number of aromatic nitrogens is 4. The second-order valence-electron chi connectivity index (χ2n) is 4.95. The number of thioether (sulfide) groups is 1. The molecule has 2 rings (SSSR count). The van der Waals surface area contributed by atoms with E-state index in [0.29, 0.717) is 12.2 Å². The first-order valence-corrected chi connectivity index (χ1v) is 8.66. The summed E-state index contributed by atoms with van der Waals surface area (Å²) in [5.41, 5.74) is 1.31. The molecule has 0 radical (unpaired) electrons. The van der Waals surface area contributed by atoms with Gasteiger partial charge in [-0.25, -0.2) is 4.68 Å². The molecule has 0 atom stereocenters. The van der Waals surface area contributed by atoms with Crippen LogP contribution in [0.5, 0.6) is 0 Å². The smallest absolute Gasteiger partial charge is 0.269 e. The van der Waals surface area contributed by atoms with Gasteiger partial charge in [0.2, 0.25) is 5.91 Å². The molecule has 0 spiro atoms. The predicted molar refractivity (Wildman–Crippen MR) is 91.2 cm³/mol. The number of carbonyl (C=O) groups is 1. The Morgan fingerprint density at radius 2 is 2.26 bits per heavy atom. The van der Waals surface area contributed by atoms with Crippen molar-refractivity contribution >= 4 is 34.9 Å². The Morgan fingerprint density at radius 3 is 2.87 bits per heavy atom. The van der Waals surface area contributed by atoms with E-state index in [0.717, 1.165) is 20.3 Å². The fourth-order valence-electron chi connectivity index (χ4n) is 1.67. The molecule has 124 valence electrons. The summed E-state index contributed by atoms with van der Waals surface area (Å²) in [4.78, 5) is 25.5. The molecule has 0 saturated carbocycles.